The Labute approximate surface area is 220 Å². The molecule has 2 aromatic carbocycles. The van der Waals surface area contributed by atoms with Crippen LogP contribution in [0.3, 0.4) is 0 Å². The Kier molecular flexibility index (Phi) is 11.1. The maximum absolute atomic E-state index is 13.6. The molecule has 0 unspecified atom stereocenters. The average Bonchev–Trinajstić information content (AvgIpc) is 2.78. The number of halogens is 1. The lowest BCUT2D eigenvalue weighted by molar-refractivity contribution is -0.140. The zero-order valence-electron chi connectivity index (χ0n) is 22.2. The summed E-state index contributed by atoms with van der Waals surface area (Å²) in [5, 5.41) is 14.3. The van der Waals surface area contributed by atoms with Gasteiger partial charge in [0.2, 0.25) is 11.8 Å². The van der Waals surface area contributed by atoms with Gasteiger partial charge in [0.25, 0.3) is 0 Å². The first-order valence-corrected chi connectivity index (χ1v) is 11.9. The van der Waals surface area contributed by atoms with Crippen molar-refractivity contribution in [2.75, 3.05) is 7.05 Å². The fraction of sp³-hybridized carbons (Fsp3) is 0.464. The second-order valence-electron chi connectivity index (χ2n) is 10.6. The summed E-state index contributed by atoms with van der Waals surface area (Å²) in [6, 6.07) is 11.7. The van der Waals surface area contributed by atoms with Crippen molar-refractivity contribution in [3.05, 3.63) is 59.7 Å². The quantitative estimate of drug-likeness (QED) is 0.432. The van der Waals surface area contributed by atoms with Gasteiger partial charge in [-0.3, -0.25) is 9.59 Å². The second-order valence-corrected chi connectivity index (χ2v) is 10.6. The van der Waals surface area contributed by atoms with Crippen molar-refractivity contribution >= 4 is 41.0 Å². The Morgan fingerprint density at radius 3 is 2.22 bits per heavy atom. The van der Waals surface area contributed by atoms with Crippen LogP contribution in [0.2, 0.25) is 0 Å². The molecule has 2 aromatic rings. The van der Waals surface area contributed by atoms with Crippen LogP contribution in [0.1, 0.15) is 47.1 Å². The van der Waals surface area contributed by atoms with Gasteiger partial charge in [-0.2, -0.15) is 0 Å². The molecule has 198 valence electrons. The summed E-state index contributed by atoms with van der Waals surface area (Å²) >= 11 is 0. The van der Waals surface area contributed by atoms with Crippen LogP contribution in [0.15, 0.2) is 54.1 Å². The fourth-order valence-electron chi connectivity index (χ4n) is 4.13. The van der Waals surface area contributed by atoms with Crippen LogP contribution in [0.25, 0.3) is 10.8 Å². The van der Waals surface area contributed by atoms with Gasteiger partial charge in [0, 0.05) is 12.6 Å². The van der Waals surface area contributed by atoms with E-state index in [1.54, 1.807) is 13.1 Å². The maximum atomic E-state index is 13.6. The van der Waals surface area contributed by atoms with Crippen molar-refractivity contribution in [1.82, 2.24) is 10.2 Å². The molecule has 0 heterocycles. The molecule has 7 nitrogen and oxygen atoms in total. The molecule has 36 heavy (non-hydrogen) atoms. The highest BCUT2D eigenvalue weighted by Gasteiger charge is 2.37. The number of carbonyl (C=O) groups is 3. The standard InChI is InChI=1S/C28H39N3O4.ClH/c1-17(2)23(15-18(3)27(34)35)31(7)26(33)24(28(4,5)6)30-25(32)22(29)16-20-13-10-12-19-11-8-9-14-21(19)20;/h8-15,17,22-24H,16,29H2,1-7H3,(H,30,32)(H,34,35);1H/b18-15+;/t22-,23+,24+;/m0./s1. The van der Waals surface area contributed by atoms with Gasteiger partial charge in [-0.05, 0) is 41.0 Å². The molecule has 0 aromatic heterocycles. The number of aliphatic carboxylic acids is 1. The minimum absolute atomic E-state index is 0. The van der Waals surface area contributed by atoms with Crippen molar-refractivity contribution in [1.29, 1.82) is 0 Å². The molecule has 0 bridgehead atoms. The van der Waals surface area contributed by atoms with Crippen LogP contribution in [0, 0.1) is 11.3 Å². The number of nitrogens with two attached hydrogens (primary N) is 1. The lowest BCUT2D eigenvalue weighted by Gasteiger charge is -2.37. The summed E-state index contributed by atoms with van der Waals surface area (Å²) in [7, 11) is 1.64. The Bertz CT molecular complexity index is 1100. The van der Waals surface area contributed by atoms with Gasteiger partial charge in [-0.25, -0.2) is 4.79 Å². The van der Waals surface area contributed by atoms with Crippen molar-refractivity contribution in [3.8, 4) is 0 Å². The first kappa shape index (κ1) is 31.1. The van der Waals surface area contributed by atoms with Crippen molar-refractivity contribution in [3.63, 3.8) is 0 Å². The number of nitrogens with zero attached hydrogens (tertiary/aromatic N) is 1. The Balaban J connectivity index is 0.00000648. The molecule has 2 rings (SSSR count). The predicted molar refractivity (Wildman–Crippen MR) is 147 cm³/mol. The topological polar surface area (TPSA) is 113 Å². The molecule has 2 amide bonds. The summed E-state index contributed by atoms with van der Waals surface area (Å²) in [4.78, 5) is 39.6. The number of carbonyl (C=O) groups excluding carboxylic acids is 2. The molecule has 8 heteroatoms. The summed E-state index contributed by atoms with van der Waals surface area (Å²) < 4.78 is 0. The lowest BCUT2D eigenvalue weighted by Crippen LogP contribution is -2.58. The zero-order chi connectivity index (χ0) is 26.5. The SMILES string of the molecule is C/C(=C\[C@H](C(C)C)N(C)C(=O)[C@@H](NC(=O)[C@@H](N)Cc1cccc2ccccc12)C(C)(C)C)C(=O)O.Cl. The number of hydrogen-bond acceptors (Lipinski definition) is 4. The van der Waals surface area contributed by atoms with Crippen LogP contribution in [-0.4, -0.2) is 53.0 Å². The number of hydrogen-bond donors (Lipinski definition) is 3. The number of benzene rings is 2. The van der Waals surface area contributed by atoms with Crippen LogP contribution < -0.4 is 11.1 Å². The largest absolute Gasteiger partial charge is 0.478 e. The number of nitrogens with one attached hydrogen (secondary N) is 1. The highest BCUT2D eigenvalue weighted by atomic mass is 35.5. The van der Waals surface area contributed by atoms with Crippen molar-refractivity contribution in [2.45, 2.75) is 66.1 Å². The number of rotatable bonds is 9. The van der Waals surface area contributed by atoms with E-state index in [0.29, 0.717) is 6.42 Å². The molecule has 3 atom stereocenters. The van der Waals surface area contributed by atoms with Crippen molar-refractivity contribution < 1.29 is 19.5 Å². The number of fused-ring (bicyclic) bond motifs is 1. The summed E-state index contributed by atoms with van der Waals surface area (Å²) in [5.41, 5.74) is 6.85. The van der Waals surface area contributed by atoms with E-state index in [4.69, 9.17) is 5.73 Å². The second kappa shape index (κ2) is 12.9. The normalized spacial score (nSPS) is 14.5. The van der Waals surface area contributed by atoms with Gasteiger partial charge < -0.3 is 21.1 Å². The van der Waals surface area contributed by atoms with E-state index >= 15 is 0 Å². The minimum Gasteiger partial charge on any atom is -0.478 e. The van der Waals surface area contributed by atoms with Crippen LogP contribution in [0.4, 0.5) is 0 Å². The lowest BCUT2D eigenvalue weighted by atomic mass is 9.84. The molecule has 0 saturated heterocycles. The first-order valence-electron chi connectivity index (χ1n) is 11.9. The van der Waals surface area contributed by atoms with Gasteiger partial charge >= 0.3 is 5.97 Å². The zero-order valence-corrected chi connectivity index (χ0v) is 23.1. The Morgan fingerprint density at radius 2 is 1.67 bits per heavy atom. The van der Waals surface area contributed by atoms with Crippen LogP contribution in [-0.2, 0) is 20.8 Å². The first-order chi connectivity index (χ1) is 16.2. The number of amides is 2. The Morgan fingerprint density at radius 1 is 1.08 bits per heavy atom. The van der Waals surface area contributed by atoms with E-state index in [9.17, 15) is 19.5 Å². The maximum Gasteiger partial charge on any atom is 0.331 e. The molecule has 0 aliphatic rings. The van der Waals surface area contributed by atoms with E-state index < -0.39 is 35.4 Å². The molecule has 0 aliphatic heterocycles. The van der Waals surface area contributed by atoms with Crippen LogP contribution in [0.5, 0.6) is 0 Å². The minimum atomic E-state index is -1.03. The third-order valence-electron chi connectivity index (χ3n) is 6.29. The van der Waals surface area contributed by atoms with Gasteiger partial charge in [0.15, 0.2) is 0 Å². The number of carboxylic acid groups (broad SMARTS) is 1. The van der Waals surface area contributed by atoms with Gasteiger partial charge in [-0.15, -0.1) is 12.4 Å². The predicted octanol–water partition coefficient (Wildman–Crippen LogP) is 4.18. The third-order valence-corrected chi connectivity index (χ3v) is 6.29. The van der Waals surface area contributed by atoms with Gasteiger partial charge in [0.05, 0.1) is 12.1 Å². The molecular formula is C28H40ClN3O4. The molecule has 0 fully saturated rings. The van der Waals surface area contributed by atoms with E-state index in [1.165, 1.54) is 11.8 Å². The highest BCUT2D eigenvalue weighted by Crippen LogP contribution is 2.24. The van der Waals surface area contributed by atoms with Crippen LogP contribution >= 0.6 is 12.4 Å². The highest BCUT2D eigenvalue weighted by molar-refractivity contribution is 5.92. The average molecular weight is 518 g/mol. The number of carboxylic acids is 1. The van der Waals surface area contributed by atoms with E-state index in [0.717, 1.165) is 16.3 Å². The van der Waals surface area contributed by atoms with E-state index in [2.05, 4.69) is 5.32 Å². The molecule has 4 N–H and O–H groups in total. The van der Waals surface area contributed by atoms with E-state index in [-0.39, 0.29) is 29.8 Å². The summed E-state index contributed by atoms with van der Waals surface area (Å²) in [6.45, 7) is 11.0. The molecule has 0 saturated carbocycles. The van der Waals surface area contributed by atoms with Gasteiger partial charge in [0.1, 0.15) is 6.04 Å². The van der Waals surface area contributed by atoms with Gasteiger partial charge in [-0.1, -0.05) is 83.2 Å². The molecule has 0 aliphatic carbocycles. The van der Waals surface area contributed by atoms with Crippen molar-refractivity contribution in [2.24, 2.45) is 17.1 Å². The fourth-order valence-corrected chi connectivity index (χ4v) is 4.13. The summed E-state index contributed by atoms with van der Waals surface area (Å²) in [5.74, 6) is -1.76. The third kappa shape index (κ3) is 7.80. The molecule has 0 radical (unpaired) electrons. The monoisotopic (exact) mass is 517 g/mol. The van der Waals surface area contributed by atoms with E-state index in [1.807, 2.05) is 77.1 Å². The summed E-state index contributed by atoms with van der Waals surface area (Å²) in [6.07, 6.45) is 1.92. The molecule has 0 spiro atoms. The smallest absolute Gasteiger partial charge is 0.331 e. The number of likely N-dealkylation sites (N-methyl/N-ethyl adjacent to an activating group) is 1. The molecular weight excluding hydrogens is 478 g/mol. The Hall–Kier alpha value is -2.90.